The maximum absolute atomic E-state index is 10.0. The molecular formula is C48H33N3. The summed E-state index contributed by atoms with van der Waals surface area (Å²) in [5.41, 5.74) is 12.3. The molecule has 240 valence electrons. The fraction of sp³-hybridized carbons (Fsp3) is 0. The number of anilines is 3. The van der Waals surface area contributed by atoms with Gasteiger partial charge in [0.15, 0.2) is 5.69 Å². The average Bonchev–Trinajstić information content (AvgIpc) is 3.21. The van der Waals surface area contributed by atoms with Gasteiger partial charge < -0.3 is 4.90 Å². The van der Waals surface area contributed by atoms with Crippen molar-refractivity contribution in [2.45, 2.75) is 0 Å². The monoisotopic (exact) mass is 651 g/mol. The highest BCUT2D eigenvalue weighted by molar-refractivity contribution is 5.84. The fourth-order valence-corrected chi connectivity index (χ4v) is 6.07. The van der Waals surface area contributed by atoms with Crippen LogP contribution >= 0.6 is 0 Å². The Bertz CT molecular complexity index is 2380. The minimum atomic E-state index is 0.496. The first-order chi connectivity index (χ1) is 25.2. The molecule has 0 aromatic heterocycles. The van der Waals surface area contributed by atoms with E-state index in [0.717, 1.165) is 39.3 Å². The van der Waals surface area contributed by atoms with Crippen LogP contribution in [-0.2, 0) is 0 Å². The highest BCUT2D eigenvalue weighted by atomic mass is 15.1. The van der Waals surface area contributed by atoms with E-state index in [1.54, 1.807) is 12.1 Å². The Labute approximate surface area is 299 Å². The summed E-state index contributed by atoms with van der Waals surface area (Å²) in [5.74, 6) is 0. The first kappa shape index (κ1) is 32.4. The largest absolute Gasteiger partial charge is 0.311 e. The molecule has 0 amide bonds. The summed E-state index contributed by atoms with van der Waals surface area (Å²) in [4.78, 5) is 6.04. The molecule has 0 heterocycles. The van der Waals surface area contributed by atoms with Crippen LogP contribution in [-0.4, -0.2) is 0 Å². The van der Waals surface area contributed by atoms with Crippen molar-refractivity contribution in [3.63, 3.8) is 0 Å². The van der Waals surface area contributed by atoms with Gasteiger partial charge in [-0.2, -0.15) is 5.26 Å². The van der Waals surface area contributed by atoms with Gasteiger partial charge in [0.05, 0.1) is 18.2 Å². The molecule has 0 fully saturated rings. The van der Waals surface area contributed by atoms with Crippen molar-refractivity contribution in [3.8, 4) is 28.3 Å². The summed E-state index contributed by atoms with van der Waals surface area (Å²) in [6.45, 7) is 7.87. The quantitative estimate of drug-likeness (QED) is 0.115. The Morgan fingerprint density at radius 2 is 0.863 bits per heavy atom. The Balaban J connectivity index is 1.11. The summed E-state index contributed by atoms with van der Waals surface area (Å²) in [6.07, 6.45) is 7.79. The van der Waals surface area contributed by atoms with Crippen LogP contribution in [0.25, 0.3) is 51.4 Å². The van der Waals surface area contributed by atoms with E-state index in [4.69, 9.17) is 6.57 Å². The van der Waals surface area contributed by atoms with Gasteiger partial charge >= 0.3 is 0 Å². The van der Waals surface area contributed by atoms with Crippen LogP contribution in [0.5, 0.6) is 0 Å². The molecule has 0 aliphatic carbocycles. The van der Waals surface area contributed by atoms with Gasteiger partial charge in [0.25, 0.3) is 0 Å². The molecule has 0 atom stereocenters. The van der Waals surface area contributed by atoms with E-state index in [-0.39, 0.29) is 0 Å². The number of nitrogens with zero attached hydrogens (tertiary/aromatic N) is 3. The summed E-state index contributed by atoms with van der Waals surface area (Å²) in [6, 6.07) is 62.2. The lowest BCUT2D eigenvalue weighted by Gasteiger charge is -2.25. The molecule has 0 bridgehead atoms. The predicted octanol–water partition coefficient (Wildman–Crippen LogP) is 13.3. The molecule has 7 aromatic carbocycles. The number of nitriles is 1. The van der Waals surface area contributed by atoms with Gasteiger partial charge in [-0.1, -0.05) is 152 Å². The number of rotatable bonds is 9. The van der Waals surface area contributed by atoms with Crippen molar-refractivity contribution >= 4 is 47.1 Å². The maximum atomic E-state index is 10.0. The zero-order chi connectivity index (χ0) is 34.8. The molecule has 3 heteroatoms. The summed E-state index contributed by atoms with van der Waals surface area (Å²) in [7, 11) is 0. The van der Waals surface area contributed by atoms with E-state index in [1.165, 1.54) is 16.7 Å². The second-order valence-corrected chi connectivity index (χ2v) is 12.1. The van der Waals surface area contributed by atoms with E-state index >= 15 is 0 Å². The van der Waals surface area contributed by atoms with Gasteiger partial charge in [0.1, 0.15) is 0 Å². The molecule has 3 nitrogen and oxygen atoms in total. The second-order valence-electron chi connectivity index (χ2n) is 12.1. The van der Waals surface area contributed by atoms with E-state index in [2.05, 4.69) is 137 Å². The summed E-state index contributed by atoms with van der Waals surface area (Å²) in [5, 5.41) is 10.0. The van der Waals surface area contributed by atoms with Gasteiger partial charge in [-0.25, -0.2) is 4.85 Å². The Morgan fingerprint density at radius 3 is 1.37 bits per heavy atom. The van der Waals surface area contributed by atoms with Gasteiger partial charge in [0.2, 0.25) is 0 Å². The van der Waals surface area contributed by atoms with Gasteiger partial charge in [-0.15, -0.1) is 0 Å². The van der Waals surface area contributed by atoms with Crippen molar-refractivity contribution in [2.24, 2.45) is 0 Å². The highest BCUT2D eigenvalue weighted by Crippen LogP contribution is 2.36. The predicted molar refractivity (Wildman–Crippen MR) is 214 cm³/mol. The number of para-hydroxylation sites is 1. The van der Waals surface area contributed by atoms with Crippen LogP contribution in [0, 0.1) is 17.9 Å². The van der Waals surface area contributed by atoms with Crippen molar-refractivity contribution in [1.29, 1.82) is 5.26 Å². The lowest BCUT2D eigenvalue weighted by molar-refractivity contribution is 1.28. The van der Waals surface area contributed by atoms with Crippen LogP contribution in [0.1, 0.15) is 27.8 Å². The third-order valence-corrected chi connectivity index (χ3v) is 8.77. The van der Waals surface area contributed by atoms with Crippen LogP contribution in [0.4, 0.5) is 22.7 Å². The highest BCUT2D eigenvalue weighted by Gasteiger charge is 2.13. The van der Waals surface area contributed by atoms with Crippen molar-refractivity contribution in [3.05, 3.63) is 215 Å². The van der Waals surface area contributed by atoms with E-state index in [0.29, 0.717) is 16.8 Å². The molecule has 7 aromatic rings. The smallest absolute Gasteiger partial charge is 0.194 e. The maximum Gasteiger partial charge on any atom is 0.194 e. The van der Waals surface area contributed by atoms with Crippen molar-refractivity contribution in [2.75, 3.05) is 4.90 Å². The lowest BCUT2D eigenvalue weighted by atomic mass is 10.00. The molecule has 51 heavy (non-hydrogen) atoms. The molecule has 0 saturated heterocycles. The van der Waals surface area contributed by atoms with Crippen LogP contribution < -0.4 is 4.90 Å². The van der Waals surface area contributed by atoms with Gasteiger partial charge in [0, 0.05) is 17.1 Å². The first-order valence-corrected chi connectivity index (χ1v) is 16.8. The Kier molecular flexibility index (Phi) is 9.74. The van der Waals surface area contributed by atoms with E-state index < -0.39 is 0 Å². The lowest BCUT2D eigenvalue weighted by Crippen LogP contribution is -2.09. The minimum Gasteiger partial charge on any atom is -0.311 e. The zero-order valence-corrected chi connectivity index (χ0v) is 27.9. The van der Waals surface area contributed by atoms with Crippen molar-refractivity contribution < 1.29 is 0 Å². The van der Waals surface area contributed by atoms with E-state index in [1.807, 2.05) is 66.8 Å². The van der Waals surface area contributed by atoms with Gasteiger partial charge in [-0.05, 0) is 93.0 Å². The number of benzene rings is 7. The topological polar surface area (TPSA) is 31.4 Å². The van der Waals surface area contributed by atoms with Crippen LogP contribution in [0.2, 0.25) is 0 Å². The standard InChI is InChI=1S/C48H33N3/c1-50-48-34-42(25-19-36-17-23-40(24-18-36)38-11-5-2-6-12-38)44(35-49)33-43(48)26-20-37-21-29-46(30-22-37)51(45-15-9-4-10-16-45)47-31-27-41(28-32-47)39-13-7-3-8-14-39/h2-34H. The average molecular weight is 652 g/mol. The third-order valence-electron chi connectivity index (χ3n) is 8.77. The van der Waals surface area contributed by atoms with Gasteiger partial charge in [-0.3, -0.25) is 0 Å². The zero-order valence-electron chi connectivity index (χ0n) is 27.9. The molecule has 0 unspecified atom stereocenters. The SMILES string of the molecule is [C-]#[N+]c1cc(C=Cc2ccc(-c3ccccc3)cc2)c(C#N)cc1C=Cc1ccc(N(c2ccccc2)c2ccc(-c3ccccc3)cc2)cc1. The summed E-state index contributed by atoms with van der Waals surface area (Å²) < 4.78 is 0. The first-order valence-electron chi connectivity index (χ1n) is 16.8. The molecule has 0 spiro atoms. The molecular weight excluding hydrogens is 619 g/mol. The second kappa shape index (κ2) is 15.3. The van der Waals surface area contributed by atoms with Crippen LogP contribution in [0.3, 0.4) is 0 Å². The minimum absolute atomic E-state index is 0.496. The number of hydrogen-bond donors (Lipinski definition) is 0. The Hall–Kier alpha value is -7.20. The van der Waals surface area contributed by atoms with Crippen LogP contribution in [0.15, 0.2) is 176 Å². The molecule has 0 saturated carbocycles. The van der Waals surface area contributed by atoms with E-state index in [9.17, 15) is 5.26 Å². The number of hydrogen-bond acceptors (Lipinski definition) is 2. The molecule has 0 N–H and O–H groups in total. The summed E-state index contributed by atoms with van der Waals surface area (Å²) >= 11 is 0. The van der Waals surface area contributed by atoms with Crippen molar-refractivity contribution in [1.82, 2.24) is 0 Å². The molecule has 0 aliphatic rings. The normalized spacial score (nSPS) is 10.9. The molecule has 7 rings (SSSR count). The third kappa shape index (κ3) is 7.60. The molecule has 0 radical (unpaired) electrons. The Morgan fingerprint density at radius 1 is 0.451 bits per heavy atom. The fourth-order valence-electron chi connectivity index (χ4n) is 6.07. The molecule has 0 aliphatic heterocycles.